The van der Waals surface area contributed by atoms with Crippen molar-refractivity contribution in [1.82, 2.24) is 9.88 Å². The Hall–Kier alpha value is -3.61. The molecule has 0 spiro atoms. The van der Waals surface area contributed by atoms with E-state index in [0.717, 1.165) is 34.2 Å². The van der Waals surface area contributed by atoms with E-state index in [2.05, 4.69) is 40.2 Å². The number of ether oxygens (including phenoxy) is 1. The molecular weight excluding hydrogens is 472 g/mol. The maximum atomic E-state index is 9.85. The Labute approximate surface area is 212 Å². The first-order valence-electron chi connectivity index (χ1n) is 11.7. The van der Waals surface area contributed by atoms with Gasteiger partial charge in [-0.1, -0.05) is 54.6 Å². The van der Waals surface area contributed by atoms with Gasteiger partial charge in [-0.25, -0.2) is 4.98 Å². The van der Waals surface area contributed by atoms with E-state index in [1.54, 1.807) is 7.11 Å². The fourth-order valence-corrected chi connectivity index (χ4v) is 6.00. The second kappa shape index (κ2) is 9.80. The van der Waals surface area contributed by atoms with Gasteiger partial charge >= 0.3 is 0 Å². The number of nitriles is 1. The van der Waals surface area contributed by atoms with Crippen LogP contribution in [0.15, 0.2) is 66.7 Å². The number of pyridine rings is 1. The number of hydrogen-bond donors (Lipinski definition) is 3. The highest BCUT2D eigenvalue weighted by Crippen LogP contribution is 2.41. The van der Waals surface area contributed by atoms with Crippen LogP contribution in [0.5, 0.6) is 5.75 Å². The van der Waals surface area contributed by atoms with E-state index in [1.807, 2.05) is 42.5 Å². The molecule has 3 aromatic carbocycles. The van der Waals surface area contributed by atoms with Crippen LogP contribution in [-0.4, -0.2) is 50.7 Å². The van der Waals surface area contributed by atoms with Crippen molar-refractivity contribution in [3.63, 3.8) is 0 Å². The predicted octanol–water partition coefficient (Wildman–Crippen LogP) is 5.60. The molecule has 4 N–H and O–H groups in total. The molecule has 0 bridgehead atoms. The molecule has 36 heavy (non-hydrogen) atoms. The third-order valence-corrected chi connectivity index (χ3v) is 8.34. The number of anilines is 1. The zero-order valence-corrected chi connectivity index (χ0v) is 20.8. The van der Waals surface area contributed by atoms with Gasteiger partial charge in [0.15, 0.2) is 0 Å². The summed E-state index contributed by atoms with van der Waals surface area (Å²) >= 11 is 0. The third-order valence-electron chi connectivity index (χ3n) is 6.66. The molecule has 1 saturated heterocycles. The van der Waals surface area contributed by atoms with E-state index in [9.17, 15) is 14.4 Å². The zero-order valence-electron chi connectivity index (χ0n) is 20.0. The van der Waals surface area contributed by atoms with Crippen LogP contribution in [0.4, 0.5) is 5.82 Å². The molecule has 8 heteroatoms. The molecular formula is C28H28N4O3S. The van der Waals surface area contributed by atoms with Crippen molar-refractivity contribution < 1.29 is 13.8 Å². The summed E-state index contributed by atoms with van der Waals surface area (Å²) in [5.74, 6) is 1.75. The molecule has 1 aliphatic rings. The van der Waals surface area contributed by atoms with Crippen molar-refractivity contribution in [3.8, 4) is 34.1 Å². The number of aromatic nitrogens is 1. The molecule has 0 radical (unpaired) electrons. The van der Waals surface area contributed by atoms with Crippen LogP contribution in [0.1, 0.15) is 11.1 Å². The summed E-state index contributed by atoms with van der Waals surface area (Å²) in [4.78, 5) is 6.80. The molecule has 0 unspecified atom stereocenters. The first-order chi connectivity index (χ1) is 17.4. The summed E-state index contributed by atoms with van der Waals surface area (Å²) in [6, 6.07) is 24.2. The van der Waals surface area contributed by atoms with Crippen molar-refractivity contribution in [3.05, 3.63) is 77.9 Å². The van der Waals surface area contributed by atoms with Gasteiger partial charge in [-0.2, -0.15) is 15.9 Å². The number of para-hydroxylation sites is 1. The van der Waals surface area contributed by atoms with Crippen LogP contribution < -0.4 is 10.5 Å². The standard InChI is InChI=1S/C28H28N4O3S/c1-35-26-5-3-2-4-23(26)27-22-11-10-21(16-25(22)31-28(30)24(27)17-29)20-8-6-19(7-9-20)18-32-12-14-36(33,34)15-13-32/h2-11,16,33-34H,12-15,18H2,1H3,(H2,30,31). The molecule has 0 amide bonds. The second-order valence-corrected chi connectivity index (χ2v) is 11.4. The Morgan fingerprint density at radius 2 is 1.72 bits per heavy atom. The summed E-state index contributed by atoms with van der Waals surface area (Å²) in [6.07, 6.45) is 0. The highest BCUT2D eigenvalue weighted by molar-refractivity contribution is 8.24. The number of nitrogen functional groups attached to an aromatic ring is 1. The maximum Gasteiger partial charge on any atom is 0.142 e. The lowest BCUT2D eigenvalue weighted by molar-refractivity contribution is 0.278. The number of nitrogens with two attached hydrogens (primary N) is 1. The minimum Gasteiger partial charge on any atom is -0.496 e. The smallest absolute Gasteiger partial charge is 0.142 e. The van der Waals surface area contributed by atoms with Gasteiger partial charge in [0.05, 0.1) is 24.1 Å². The Bertz CT molecular complexity index is 1450. The molecule has 5 rings (SSSR count). The van der Waals surface area contributed by atoms with Gasteiger partial charge in [0.2, 0.25) is 0 Å². The number of fused-ring (bicyclic) bond motifs is 1. The first-order valence-corrected chi connectivity index (χ1v) is 13.6. The average molecular weight is 501 g/mol. The molecule has 0 aliphatic carbocycles. The Balaban J connectivity index is 1.47. The zero-order chi connectivity index (χ0) is 25.3. The van der Waals surface area contributed by atoms with Crippen molar-refractivity contribution in [2.45, 2.75) is 6.54 Å². The summed E-state index contributed by atoms with van der Waals surface area (Å²) in [5, 5.41) is 10.7. The van der Waals surface area contributed by atoms with Gasteiger partial charge in [-0.05, 0) is 28.8 Å². The van der Waals surface area contributed by atoms with Gasteiger partial charge in [0.25, 0.3) is 0 Å². The van der Waals surface area contributed by atoms with Crippen molar-refractivity contribution in [1.29, 1.82) is 5.26 Å². The molecule has 7 nitrogen and oxygen atoms in total. The minimum atomic E-state index is -2.38. The number of benzene rings is 3. The third kappa shape index (κ3) is 4.74. The maximum absolute atomic E-state index is 9.85. The van der Waals surface area contributed by atoms with Crippen LogP contribution in [0, 0.1) is 11.3 Å². The SMILES string of the molecule is COc1ccccc1-c1c(C#N)c(N)nc2cc(-c3ccc(CN4CCS(O)(O)CC4)cc3)ccc12. The fraction of sp³-hybridized carbons (Fsp3) is 0.214. The average Bonchev–Trinajstić information content (AvgIpc) is 2.89. The topological polar surface area (TPSA) is 116 Å². The van der Waals surface area contributed by atoms with Crippen LogP contribution in [0.2, 0.25) is 0 Å². The van der Waals surface area contributed by atoms with E-state index in [0.29, 0.717) is 41.4 Å². The van der Waals surface area contributed by atoms with Gasteiger partial charge in [0, 0.05) is 36.1 Å². The minimum absolute atomic E-state index is 0.191. The van der Waals surface area contributed by atoms with E-state index in [4.69, 9.17) is 10.5 Å². The van der Waals surface area contributed by atoms with E-state index in [-0.39, 0.29) is 5.82 Å². The second-order valence-electron chi connectivity index (χ2n) is 8.97. The van der Waals surface area contributed by atoms with Crippen LogP contribution >= 0.6 is 10.6 Å². The first kappa shape index (κ1) is 24.1. The van der Waals surface area contributed by atoms with Crippen LogP contribution in [0.3, 0.4) is 0 Å². The molecule has 184 valence electrons. The molecule has 1 fully saturated rings. The summed E-state index contributed by atoms with van der Waals surface area (Å²) in [5.41, 5.74) is 12.0. The Morgan fingerprint density at radius 3 is 2.42 bits per heavy atom. The Kier molecular flexibility index (Phi) is 6.56. The van der Waals surface area contributed by atoms with Gasteiger partial charge in [-0.3, -0.25) is 14.0 Å². The van der Waals surface area contributed by atoms with Crippen molar-refractivity contribution in [2.24, 2.45) is 0 Å². The Morgan fingerprint density at radius 1 is 1.03 bits per heavy atom. The largest absolute Gasteiger partial charge is 0.496 e. The quantitative estimate of drug-likeness (QED) is 0.327. The van der Waals surface area contributed by atoms with Crippen molar-refractivity contribution >= 4 is 27.3 Å². The van der Waals surface area contributed by atoms with Crippen molar-refractivity contribution in [2.75, 3.05) is 37.4 Å². The predicted molar refractivity (Wildman–Crippen MR) is 146 cm³/mol. The summed E-state index contributed by atoms with van der Waals surface area (Å²) in [6.45, 7) is 2.17. The van der Waals surface area contributed by atoms with Crippen LogP contribution in [0.25, 0.3) is 33.2 Å². The number of rotatable bonds is 5. The lowest BCUT2D eigenvalue weighted by atomic mass is 9.93. The van der Waals surface area contributed by atoms with Gasteiger partial charge < -0.3 is 10.5 Å². The highest BCUT2D eigenvalue weighted by Gasteiger charge is 2.22. The molecule has 0 saturated carbocycles. The van der Waals surface area contributed by atoms with E-state index < -0.39 is 10.6 Å². The molecule has 2 heterocycles. The lowest BCUT2D eigenvalue weighted by Crippen LogP contribution is -2.37. The molecule has 1 aromatic heterocycles. The van der Waals surface area contributed by atoms with E-state index in [1.165, 1.54) is 5.56 Å². The molecule has 1 aliphatic heterocycles. The summed E-state index contributed by atoms with van der Waals surface area (Å²) in [7, 11) is -0.773. The highest BCUT2D eigenvalue weighted by atomic mass is 32.3. The van der Waals surface area contributed by atoms with Crippen LogP contribution in [-0.2, 0) is 6.54 Å². The molecule has 4 aromatic rings. The molecule has 0 atom stereocenters. The number of methoxy groups -OCH3 is 1. The normalized spacial score (nSPS) is 16.4. The number of nitrogens with zero attached hydrogens (tertiary/aromatic N) is 3. The lowest BCUT2D eigenvalue weighted by Gasteiger charge is -2.41. The monoisotopic (exact) mass is 500 g/mol. The van der Waals surface area contributed by atoms with Gasteiger partial charge in [-0.15, -0.1) is 0 Å². The number of hydrogen-bond acceptors (Lipinski definition) is 7. The van der Waals surface area contributed by atoms with Gasteiger partial charge in [0.1, 0.15) is 23.2 Å². The summed E-state index contributed by atoms with van der Waals surface area (Å²) < 4.78 is 25.2. The fourth-order valence-electron chi connectivity index (χ4n) is 4.69. The van der Waals surface area contributed by atoms with E-state index >= 15 is 0 Å².